The first-order valence-corrected chi connectivity index (χ1v) is 0.500. The Hall–Kier alpha value is 1.10. The van der Waals surface area contributed by atoms with E-state index in [9.17, 15) is 0 Å². The van der Waals surface area contributed by atoms with E-state index in [0.717, 1.165) is 0 Å². The average molecular weight is 104 g/mol. The normalized spacial score (nSPS) is 6.00. The Labute approximate surface area is 58.1 Å². The van der Waals surface area contributed by atoms with Gasteiger partial charge < -0.3 is 20.6 Å². The summed E-state index contributed by atoms with van der Waals surface area (Å²) in [4.78, 5) is 0. The number of rotatable bonds is 1. The monoisotopic (exact) mass is 104 g/mol. The van der Waals surface area contributed by atoms with Crippen molar-refractivity contribution in [3.63, 3.8) is 0 Å². The summed E-state index contributed by atoms with van der Waals surface area (Å²) in [7, 11) is 0. The van der Waals surface area contributed by atoms with Crippen LogP contribution in [-0.4, -0.2) is 37.7 Å². The summed E-state index contributed by atoms with van der Waals surface area (Å²) in [6, 6.07) is 0. The van der Waals surface area contributed by atoms with Gasteiger partial charge in [-0.2, -0.15) is 0 Å². The van der Waals surface area contributed by atoms with Crippen LogP contribution in [0.1, 0.15) is 0 Å². The Kier molecular flexibility index (Phi) is 16.8. The van der Waals surface area contributed by atoms with Gasteiger partial charge in [-0.15, -0.1) is 0 Å². The van der Waals surface area contributed by atoms with Crippen molar-refractivity contribution in [2.24, 2.45) is 0 Å². The summed E-state index contributed by atoms with van der Waals surface area (Å²) in [6.07, 6.45) is 0. The van der Waals surface area contributed by atoms with Crippen molar-refractivity contribution < 1.29 is 20.6 Å². The summed E-state index contributed by atoms with van der Waals surface area (Å²) in [5, 5.41) is 21.0. The van der Waals surface area contributed by atoms with Crippen LogP contribution in [0, 0.1) is 0 Å². The van der Waals surface area contributed by atoms with E-state index in [1.807, 2.05) is 0 Å². The minimum Gasteiger partial charge on any atom is -0.693 e. The Morgan fingerprint density at radius 3 is 1.20 bits per heavy atom. The molecule has 0 spiro atoms. The molecule has 0 bridgehead atoms. The fourth-order valence-electron chi connectivity index (χ4n) is 0. The molecule has 0 aliphatic heterocycles. The Morgan fingerprint density at radius 1 is 1.00 bits per heavy atom. The van der Waals surface area contributed by atoms with E-state index in [2.05, 4.69) is 10.1 Å². The van der Waals surface area contributed by atoms with Gasteiger partial charge in [-0.25, -0.2) is 0 Å². The third-order valence-corrected chi connectivity index (χ3v) is 0.0278. The SMILES string of the molecule is [Ca+2].[O-]OO[O-]. The standard InChI is InChI=1S/Ca.H2O4/c;1-3-4-2/h;1-2H/q+2;/p-2. The first-order chi connectivity index (χ1) is 1.91. The second kappa shape index (κ2) is 8.92. The van der Waals surface area contributed by atoms with Gasteiger partial charge in [0, 0.05) is 0 Å². The number of hydrogen-bond donors (Lipinski definition) is 0. The molecule has 26 valence electrons. The molecule has 0 unspecified atom stereocenters. The van der Waals surface area contributed by atoms with Crippen molar-refractivity contribution >= 4 is 37.7 Å². The van der Waals surface area contributed by atoms with Crippen LogP contribution >= 0.6 is 0 Å². The molecule has 0 aromatic rings. The molecule has 0 saturated carbocycles. The van der Waals surface area contributed by atoms with E-state index in [-0.39, 0.29) is 37.7 Å². The van der Waals surface area contributed by atoms with Gasteiger partial charge in [-0.1, -0.05) is 0 Å². The summed E-state index contributed by atoms with van der Waals surface area (Å²) < 4.78 is 0. The third kappa shape index (κ3) is 11.1. The minimum atomic E-state index is 0. The molecule has 0 aromatic heterocycles. The molecule has 0 amide bonds. The molecular formula is CaO4. The Balaban J connectivity index is 0. The molecular weight excluding hydrogens is 104 g/mol. The van der Waals surface area contributed by atoms with Crippen LogP contribution in [-0.2, 0) is 10.1 Å². The van der Waals surface area contributed by atoms with E-state index < -0.39 is 0 Å². The van der Waals surface area contributed by atoms with Crippen molar-refractivity contribution in [1.29, 1.82) is 0 Å². The quantitative estimate of drug-likeness (QED) is 0.203. The van der Waals surface area contributed by atoms with Gasteiger partial charge in [0.2, 0.25) is 0 Å². The molecule has 0 fully saturated rings. The fourth-order valence-corrected chi connectivity index (χ4v) is 0. The number of hydrogen-bond acceptors (Lipinski definition) is 4. The van der Waals surface area contributed by atoms with Crippen LogP contribution in [0.2, 0.25) is 0 Å². The first kappa shape index (κ1) is 9.44. The summed E-state index contributed by atoms with van der Waals surface area (Å²) >= 11 is 0. The van der Waals surface area contributed by atoms with Crippen LogP contribution in [0.25, 0.3) is 0 Å². The molecule has 0 saturated heterocycles. The summed E-state index contributed by atoms with van der Waals surface area (Å²) in [6.45, 7) is 0. The maximum atomic E-state index is 8.26. The van der Waals surface area contributed by atoms with Crippen LogP contribution < -0.4 is 10.5 Å². The van der Waals surface area contributed by atoms with Crippen LogP contribution in [0.3, 0.4) is 0 Å². The van der Waals surface area contributed by atoms with Crippen molar-refractivity contribution in [1.82, 2.24) is 0 Å². The van der Waals surface area contributed by atoms with Crippen LogP contribution in [0.15, 0.2) is 0 Å². The molecule has 4 nitrogen and oxygen atoms in total. The fraction of sp³-hybridized carbons (Fsp3) is 0. The van der Waals surface area contributed by atoms with E-state index in [0.29, 0.717) is 0 Å². The van der Waals surface area contributed by atoms with E-state index in [4.69, 9.17) is 10.5 Å². The third-order valence-electron chi connectivity index (χ3n) is 0.0278. The van der Waals surface area contributed by atoms with Gasteiger partial charge in [-0.05, 0) is 0 Å². The molecule has 0 N–H and O–H groups in total. The molecule has 0 aliphatic carbocycles. The largest absolute Gasteiger partial charge is 2.00 e. The predicted molar refractivity (Wildman–Crippen MR) is 7.92 cm³/mol. The minimum absolute atomic E-state index is 0. The smallest absolute Gasteiger partial charge is 0.693 e. The Morgan fingerprint density at radius 2 is 1.20 bits per heavy atom. The van der Waals surface area contributed by atoms with Gasteiger partial charge >= 0.3 is 37.7 Å². The Bertz CT molecular complexity index is 5.61. The zero-order chi connectivity index (χ0) is 3.41. The molecule has 0 aliphatic rings. The summed E-state index contributed by atoms with van der Waals surface area (Å²) in [5.41, 5.74) is 0. The van der Waals surface area contributed by atoms with Gasteiger partial charge in [0.1, 0.15) is 0 Å². The zero-order valence-electron chi connectivity index (χ0n) is 2.34. The van der Waals surface area contributed by atoms with Crippen LogP contribution in [0.4, 0.5) is 0 Å². The van der Waals surface area contributed by atoms with Gasteiger partial charge in [0.05, 0.1) is 0 Å². The molecule has 5 heavy (non-hydrogen) atoms. The zero-order valence-corrected chi connectivity index (χ0v) is 4.55. The topological polar surface area (TPSA) is 64.6 Å². The molecule has 0 atom stereocenters. The van der Waals surface area contributed by atoms with Crippen molar-refractivity contribution in [2.45, 2.75) is 0 Å². The van der Waals surface area contributed by atoms with Gasteiger partial charge in [0.15, 0.2) is 0 Å². The summed E-state index contributed by atoms with van der Waals surface area (Å²) in [5.74, 6) is 0. The molecule has 0 heterocycles. The average Bonchev–Trinajstić information content (AvgIpc) is 1.37. The second-order valence-electron chi connectivity index (χ2n) is 0.136. The van der Waals surface area contributed by atoms with Gasteiger partial charge in [0.25, 0.3) is 0 Å². The molecule has 0 rings (SSSR count). The second-order valence-corrected chi connectivity index (χ2v) is 0.136. The molecule has 5 heteroatoms. The van der Waals surface area contributed by atoms with Gasteiger partial charge in [-0.3, -0.25) is 0 Å². The molecule has 0 aromatic carbocycles. The van der Waals surface area contributed by atoms with E-state index >= 15 is 0 Å². The van der Waals surface area contributed by atoms with Crippen LogP contribution in [0.5, 0.6) is 0 Å². The van der Waals surface area contributed by atoms with E-state index in [1.165, 1.54) is 0 Å². The predicted octanol–water partition coefficient (Wildman–Crippen LogP) is -2.90. The first-order valence-electron chi connectivity index (χ1n) is 0.500. The van der Waals surface area contributed by atoms with Crippen molar-refractivity contribution in [2.75, 3.05) is 0 Å². The molecule has 0 radical (unpaired) electrons. The van der Waals surface area contributed by atoms with Crippen molar-refractivity contribution in [3.05, 3.63) is 0 Å². The maximum Gasteiger partial charge on any atom is 2.00 e. The van der Waals surface area contributed by atoms with Crippen molar-refractivity contribution in [3.8, 4) is 0 Å². The van der Waals surface area contributed by atoms with E-state index in [1.54, 1.807) is 0 Å². The maximum absolute atomic E-state index is 8.26.